The first-order chi connectivity index (χ1) is 8.16. The van der Waals surface area contributed by atoms with Crippen molar-refractivity contribution in [3.05, 3.63) is 28.8 Å². The van der Waals surface area contributed by atoms with Crippen molar-refractivity contribution in [1.29, 1.82) is 0 Å². The monoisotopic (exact) mass is 269 g/mol. The number of rotatable bonds is 4. The van der Waals surface area contributed by atoms with Crippen LogP contribution in [0.1, 0.15) is 31.2 Å². The number of nitrogens with two attached hydrogens (primary N) is 1. The number of hydrogen-bond acceptors (Lipinski definition) is 2. The second-order valence-corrected chi connectivity index (χ2v) is 5.32. The molecule has 4 heteroatoms. The Balaban J connectivity index is 1.98. The fourth-order valence-corrected chi connectivity index (χ4v) is 2.52. The minimum absolute atomic E-state index is 0.356. The van der Waals surface area contributed by atoms with Crippen molar-refractivity contribution in [2.24, 2.45) is 11.7 Å². The van der Waals surface area contributed by atoms with Crippen molar-refractivity contribution in [2.45, 2.75) is 25.7 Å². The average Bonchev–Trinajstić information content (AvgIpc) is 2.80. The van der Waals surface area contributed by atoms with Crippen LogP contribution in [-0.2, 0) is 0 Å². The highest BCUT2D eigenvalue weighted by atomic mass is 35.5. The number of benzene rings is 1. The first-order valence-corrected chi connectivity index (χ1v) is 6.67. The first kappa shape index (κ1) is 12.7. The van der Waals surface area contributed by atoms with Crippen molar-refractivity contribution in [3.63, 3.8) is 0 Å². The predicted molar refractivity (Wildman–Crippen MR) is 74.8 cm³/mol. The van der Waals surface area contributed by atoms with Crippen LogP contribution in [0, 0.1) is 5.92 Å². The van der Waals surface area contributed by atoms with Crippen LogP contribution in [0.3, 0.4) is 0 Å². The zero-order valence-corrected chi connectivity index (χ0v) is 11.2. The van der Waals surface area contributed by atoms with Crippen LogP contribution in [0.15, 0.2) is 18.2 Å². The Labute approximate surface area is 112 Å². The quantitative estimate of drug-likeness (QED) is 0.849. The van der Waals surface area contributed by atoms with Crippen molar-refractivity contribution in [1.82, 2.24) is 0 Å². The normalized spacial score (nSPS) is 16.1. The van der Waals surface area contributed by atoms with Gasteiger partial charge in [0.15, 0.2) is 0 Å². The van der Waals surface area contributed by atoms with E-state index in [1.165, 1.54) is 25.7 Å². The minimum Gasteiger partial charge on any atom is -0.492 e. The topological polar surface area (TPSA) is 35.2 Å². The molecule has 17 heavy (non-hydrogen) atoms. The van der Waals surface area contributed by atoms with E-state index in [1.54, 1.807) is 6.07 Å². The Hall–Kier alpha value is -0.800. The van der Waals surface area contributed by atoms with Crippen molar-refractivity contribution >= 4 is 28.8 Å². The molecule has 2 N–H and O–H groups in total. The molecule has 1 aromatic carbocycles. The molecular weight excluding hydrogens is 254 g/mol. The van der Waals surface area contributed by atoms with E-state index in [1.807, 2.05) is 12.1 Å². The van der Waals surface area contributed by atoms with Gasteiger partial charge in [-0.1, -0.05) is 36.7 Å². The Kier molecular flexibility index (Phi) is 4.24. The third kappa shape index (κ3) is 3.33. The Bertz CT molecular complexity index is 416. The van der Waals surface area contributed by atoms with Gasteiger partial charge in [0.1, 0.15) is 10.7 Å². The molecule has 1 fully saturated rings. The van der Waals surface area contributed by atoms with E-state index in [0.717, 1.165) is 17.9 Å². The fraction of sp³-hybridized carbons (Fsp3) is 0.462. The molecule has 0 amide bonds. The lowest BCUT2D eigenvalue weighted by Gasteiger charge is -2.13. The van der Waals surface area contributed by atoms with E-state index in [0.29, 0.717) is 15.9 Å². The van der Waals surface area contributed by atoms with Gasteiger partial charge in [0, 0.05) is 5.56 Å². The molecule has 0 aliphatic heterocycles. The van der Waals surface area contributed by atoms with E-state index >= 15 is 0 Å². The fourth-order valence-electron chi connectivity index (χ4n) is 2.16. The zero-order valence-electron chi connectivity index (χ0n) is 9.62. The summed E-state index contributed by atoms with van der Waals surface area (Å²) >= 11 is 11.0. The summed E-state index contributed by atoms with van der Waals surface area (Å²) < 4.78 is 5.74. The third-order valence-corrected chi connectivity index (χ3v) is 3.70. The number of halogens is 1. The molecule has 0 spiro atoms. The van der Waals surface area contributed by atoms with E-state index in [4.69, 9.17) is 34.3 Å². The van der Waals surface area contributed by atoms with E-state index < -0.39 is 0 Å². The van der Waals surface area contributed by atoms with Crippen LogP contribution < -0.4 is 10.5 Å². The summed E-state index contributed by atoms with van der Waals surface area (Å²) in [5, 5.41) is 0.577. The number of thiocarbonyl (C=S) groups is 1. The third-order valence-electron chi connectivity index (χ3n) is 3.17. The molecule has 0 unspecified atom stereocenters. The Morgan fingerprint density at radius 3 is 2.71 bits per heavy atom. The number of hydrogen-bond donors (Lipinski definition) is 1. The van der Waals surface area contributed by atoms with E-state index in [-0.39, 0.29) is 0 Å². The van der Waals surface area contributed by atoms with Gasteiger partial charge >= 0.3 is 0 Å². The lowest BCUT2D eigenvalue weighted by atomic mass is 10.1. The summed E-state index contributed by atoms with van der Waals surface area (Å²) in [7, 11) is 0. The van der Waals surface area contributed by atoms with Crippen molar-refractivity contribution < 1.29 is 4.74 Å². The highest BCUT2D eigenvalue weighted by Crippen LogP contribution is 2.29. The molecule has 1 aliphatic carbocycles. The van der Waals surface area contributed by atoms with Gasteiger partial charge in [-0.2, -0.15) is 0 Å². The van der Waals surface area contributed by atoms with Gasteiger partial charge < -0.3 is 10.5 Å². The summed E-state index contributed by atoms with van der Waals surface area (Å²) in [5.74, 6) is 1.40. The maximum absolute atomic E-state index is 6.12. The predicted octanol–water partition coefficient (Wildman–Crippen LogP) is 3.54. The van der Waals surface area contributed by atoms with Crippen LogP contribution in [0.25, 0.3) is 0 Å². The lowest BCUT2D eigenvalue weighted by molar-refractivity contribution is 0.252. The second-order valence-electron chi connectivity index (χ2n) is 4.47. The molecule has 2 nitrogen and oxygen atoms in total. The highest BCUT2D eigenvalue weighted by Gasteiger charge is 2.16. The lowest BCUT2D eigenvalue weighted by Crippen LogP contribution is -2.10. The van der Waals surface area contributed by atoms with Crippen LogP contribution >= 0.6 is 23.8 Å². The van der Waals surface area contributed by atoms with Gasteiger partial charge in [0.2, 0.25) is 0 Å². The van der Waals surface area contributed by atoms with Crippen LogP contribution in [0.5, 0.6) is 5.75 Å². The van der Waals surface area contributed by atoms with Crippen molar-refractivity contribution in [3.8, 4) is 5.75 Å². The molecule has 0 saturated heterocycles. The maximum atomic E-state index is 6.12. The second kappa shape index (κ2) is 5.69. The Morgan fingerprint density at radius 1 is 1.41 bits per heavy atom. The summed E-state index contributed by atoms with van der Waals surface area (Å²) in [6.07, 6.45) is 5.18. The molecule has 92 valence electrons. The molecule has 2 rings (SSSR count). The van der Waals surface area contributed by atoms with Crippen LogP contribution in [-0.4, -0.2) is 11.6 Å². The highest BCUT2D eigenvalue weighted by molar-refractivity contribution is 7.80. The largest absolute Gasteiger partial charge is 0.492 e. The SMILES string of the molecule is NC(=S)c1ccc(OCC2CCCC2)c(Cl)c1. The Morgan fingerprint density at radius 2 is 2.12 bits per heavy atom. The first-order valence-electron chi connectivity index (χ1n) is 5.89. The molecule has 1 aromatic rings. The van der Waals surface area contributed by atoms with E-state index in [9.17, 15) is 0 Å². The summed E-state index contributed by atoms with van der Waals surface area (Å²) in [6.45, 7) is 0.756. The summed E-state index contributed by atoms with van der Waals surface area (Å²) in [5.41, 5.74) is 6.31. The van der Waals surface area contributed by atoms with Gasteiger partial charge in [-0.15, -0.1) is 0 Å². The minimum atomic E-state index is 0.356. The standard InChI is InChI=1S/C13H16ClNOS/c14-11-7-10(13(15)17)5-6-12(11)16-8-9-3-1-2-4-9/h5-7,9H,1-4,8H2,(H2,15,17). The zero-order chi connectivity index (χ0) is 12.3. The van der Waals surface area contributed by atoms with Gasteiger partial charge in [-0.3, -0.25) is 0 Å². The van der Waals surface area contributed by atoms with E-state index in [2.05, 4.69) is 0 Å². The molecule has 0 bridgehead atoms. The van der Waals surface area contributed by atoms with Gasteiger partial charge in [0.05, 0.1) is 11.6 Å². The molecule has 0 aromatic heterocycles. The molecule has 0 atom stereocenters. The number of ether oxygens (including phenoxy) is 1. The molecule has 0 heterocycles. The van der Waals surface area contributed by atoms with Gasteiger partial charge in [-0.25, -0.2) is 0 Å². The van der Waals surface area contributed by atoms with Crippen molar-refractivity contribution in [2.75, 3.05) is 6.61 Å². The molecular formula is C13H16ClNOS. The van der Waals surface area contributed by atoms with Crippen LogP contribution in [0.2, 0.25) is 5.02 Å². The average molecular weight is 270 g/mol. The van der Waals surface area contributed by atoms with Crippen LogP contribution in [0.4, 0.5) is 0 Å². The maximum Gasteiger partial charge on any atom is 0.137 e. The summed E-state index contributed by atoms with van der Waals surface area (Å²) in [4.78, 5) is 0.356. The summed E-state index contributed by atoms with van der Waals surface area (Å²) in [6, 6.07) is 5.44. The van der Waals surface area contributed by atoms with Gasteiger partial charge in [0.25, 0.3) is 0 Å². The molecule has 0 radical (unpaired) electrons. The van der Waals surface area contributed by atoms with Gasteiger partial charge in [-0.05, 0) is 37.0 Å². The molecule has 1 saturated carbocycles. The molecule has 1 aliphatic rings. The smallest absolute Gasteiger partial charge is 0.137 e.